The van der Waals surface area contributed by atoms with E-state index in [0.29, 0.717) is 6.04 Å². The molecule has 112 valence electrons. The molecule has 1 fully saturated rings. The highest BCUT2D eigenvalue weighted by atomic mass is 15.2. The molecule has 2 rings (SSSR count). The van der Waals surface area contributed by atoms with Gasteiger partial charge in [0.05, 0.1) is 0 Å². The van der Waals surface area contributed by atoms with Gasteiger partial charge in [-0.3, -0.25) is 4.90 Å². The molecule has 0 bridgehead atoms. The van der Waals surface area contributed by atoms with Gasteiger partial charge in [-0.05, 0) is 50.8 Å². The fourth-order valence-electron chi connectivity index (χ4n) is 3.48. The van der Waals surface area contributed by atoms with E-state index in [1.807, 2.05) is 0 Å². The Hall–Kier alpha value is -0.860. The molecular formula is C18H30N2. The number of hydrogen-bond donors (Lipinski definition) is 1. The lowest BCUT2D eigenvalue weighted by atomic mass is 9.96. The maximum Gasteiger partial charge on any atom is 0.0470 e. The molecule has 2 atom stereocenters. The highest BCUT2D eigenvalue weighted by Crippen LogP contribution is 2.27. The summed E-state index contributed by atoms with van der Waals surface area (Å²) in [6.45, 7) is 7.58. The van der Waals surface area contributed by atoms with Gasteiger partial charge in [-0.2, -0.15) is 0 Å². The Balaban J connectivity index is 2.02. The van der Waals surface area contributed by atoms with Crippen molar-refractivity contribution in [3.63, 3.8) is 0 Å². The second-order valence-electron chi connectivity index (χ2n) is 6.28. The van der Waals surface area contributed by atoms with Gasteiger partial charge in [-0.15, -0.1) is 0 Å². The summed E-state index contributed by atoms with van der Waals surface area (Å²) in [6, 6.07) is 9.31. The molecule has 1 heterocycles. The van der Waals surface area contributed by atoms with Gasteiger partial charge < -0.3 is 5.73 Å². The quantitative estimate of drug-likeness (QED) is 0.882. The van der Waals surface area contributed by atoms with Crippen molar-refractivity contribution in [2.45, 2.75) is 52.0 Å². The SMILES string of the molecule is CCCC1CCCN(C(CN)c2ccc(C)cc2)CC1. The van der Waals surface area contributed by atoms with Crippen molar-refractivity contribution in [1.82, 2.24) is 4.90 Å². The van der Waals surface area contributed by atoms with E-state index in [0.717, 1.165) is 12.5 Å². The van der Waals surface area contributed by atoms with Crippen LogP contribution in [-0.4, -0.2) is 24.5 Å². The van der Waals surface area contributed by atoms with Crippen molar-refractivity contribution in [3.05, 3.63) is 35.4 Å². The zero-order valence-electron chi connectivity index (χ0n) is 13.1. The zero-order valence-corrected chi connectivity index (χ0v) is 13.1. The first-order valence-corrected chi connectivity index (χ1v) is 8.25. The minimum Gasteiger partial charge on any atom is -0.329 e. The average Bonchev–Trinajstić information content (AvgIpc) is 2.68. The predicted molar refractivity (Wildman–Crippen MR) is 86.8 cm³/mol. The lowest BCUT2D eigenvalue weighted by Gasteiger charge is -2.30. The molecule has 1 aromatic rings. The summed E-state index contributed by atoms with van der Waals surface area (Å²) in [7, 11) is 0. The molecular weight excluding hydrogens is 244 g/mol. The Bertz CT molecular complexity index is 385. The van der Waals surface area contributed by atoms with Crippen molar-refractivity contribution in [3.8, 4) is 0 Å². The molecule has 0 aliphatic carbocycles. The summed E-state index contributed by atoms with van der Waals surface area (Å²) in [5.74, 6) is 0.932. The Morgan fingerprint density at radius 1 is 1.20 bits per heavy atom. The van der Waals surface area contributed by atoms with E-state index in [4.69, 9.17) is 5.73 Å². The molecule has 0 saturated carbocycles. The van der Waals surface area contributed by atoms with Crippen LogP contribution in [0.1, 0.15) is 56.2 Å². The van der Waals surface area contributed by atoms with Crippen LogP contribution >= 0.6 is 0 Å². The highest BCUT2D eigenvalue weighted by molar-refractivity contribution is 5.24. The summed E-state index contributed by atoms with van der Waals surface area (Å²) < 4.78 is 0. The number of likely N-dealkylation sites (tertiary alicyclic amines) is 1. The summed E-state index contributed by atoms with van der Waals surface area (Å²) in [5.41, 5.74) is 8.78. The molecule has 20 heavy (non-hydrogen) atoms. The normalized spacial score (nSPS) is 22.4. The van der Waals surface area contributed by atoms with Crippen molar-refractivity contribution < 1.29 is 0 Å². The van der Waals surface area contributed by atoms with Crippen LogP contribution in [0.4, 0.5) is 0 Å². The van der Waals surface area contributed by atoms with Crippen LogP contribution in [0.15, 0.2) is 24.3 Å². The Kier molecular flexibility index (Phi) is 6.06. The first-order chi connectivity index (χ1) is 9.74. The van der Waals surface area contributed by atoms with Crippen LogP contribution in [0.25, 0.3) is 0 Å². The number of rotatable bonds is 5. The maximum atomic E-state index is 6.08. The van der Waals surface area contributed by atoms with Gasteiger partial charge in [-0.1, -0.05) is 49.6 Å². The minimum absolute atomic E-state index is 0.399. The Morgan fingerprint density at radius 2 is 1.95 bits per heavy atom. The molecule has 2 nitrogen and oxygen atoms in total. The summed E-state index contributed by atoms with van der Waals surface area (Å²) in [6.07, 6.45) is 6.79. The number of benzene rings is 1. The van der Waals surface area contributed by atoms with Crippen LogP contribution in [0.3, 0.4) is 0 Å². The summed E-state index contributed by atoms with van der Waals surface area (Å²) in [5, 5.41) is 0. The molecule has 0 aromatic heterocycles. The first-order valence-electron chi connectivity index (χ1n) is 8.25. The fraction of sp³-hybridized carbons (Fsp3) is 0.667. The molecule has 2 unspecified atom stereocenters. The van der Waals surface area contributed by atoms with E-state index in [-0.39, 0.29) is 0 Å². The van der Waals surface area contributed by atoms with Crippen LogP contribution in [0, 0.1) is 12.8 Å². The lowest BCUT2D eigenvalue weighted by Crippen LogP contribution is -2.34. The predicted octanol–water partition coefficient (Wildman–Crippen LogP) is 3.90. The van der Waals surface area contributed by atoms with Crippen molar-refractivity contribution in [2.24, 2.45) is 11.7 Å². The Morgan fingerprint density at radius 3 is 2.60 bits per heavy atom. The van der Waals surface area contributed by atoms with Gasteiger partial charge in [0.1, 0.15) is 0 Å². The third-order valence-electron chi connectivity index (χ3n) is 4.71. The average molecular weight is 274 g/mol. The van der Waals surface area contributed by atoms with Crippen LogP contribution < -0.4 is 5.73 Å². The maximum absolute atomic E-state index is 6.08. The molecule has 0 spiro atoms. The van der Waals surface area contributed by atoms with E-state index < -0.39 is 0 Å². The van der Waals surface area contributed by atoms with Gasteiger partial charge >= 0.3 is 0 Å². The van der Waals surface area contributed by atoms with Gasteiger partial charge in [0.25, 0.3) is 0 Å². The molecule has 2 heteroatoms. The molecule has 1 saturated heterocycles. The second-order valence-corrected chi connectivity index (χ2v) is 6.28. The van der Waals surface area contributed by atoms with E-state index in [1.54, 1.807) is 0 Å². The number of hydrogen-bond acceptors (Lipinski definition) is 2. The van der Waals surface area contributed by atoms with Crippen molar-refractivity contribution in [2.75, 3.05) is 19.6 Å². The van der Waals surface area contributed by atoms with Gasteiger partial charge in [0.15, 0.2) is 0 Å². The Labute approximate surface area is 124 Å². The lowest BCUT2D eigenvalue weighted by molar-refractivity contribution is 0.206. The molecule has 2 N–H and O–H groups in total. The van der Waals surface area contributed by atoms with Gasteiger partial charge in [0, 0.05) is 12.6 Å². The van der Waals surface area contributed by atoms with E-state index in [1.165, 1.54) is 56.3 Å². The molecule has 0 radical (unpaired) electrons. The summed E-state index contributed by atoms with van der Waals surface area (Å²) >= 11 is 0. The van der Waals surface area contributed by atoms with Crippen LogP contribution in [0.5, 0.6) is 0 Å². The van der Waals surface area contributed by atoms with E-state index in [2.05, 4.69) is 43.0 Å². The summed E-state index contributed by atoms with van der Waals surface area (Å²) in [4.78, 5) is 2.61. The zero-order chi connectivity index (χ0) is 14.4. The highest BCUT2D eigenvalue weighted by Gasteiger charge is 2.23. The molecule has 1 aliphatic rings. The van der Waals surface area contributed by atoms with Crippen LogP contribution in [-0.2, 0) is 0 Å². The minimum atomic E-state index is 0.399. The van der Waals surface area contributed by atoms with Gasteiger partial charge in [0.2, 0.25) is 0 Å². The largest absolute Gasteiger partial charge is 0.329 e. The van der Waals surface area contributed by atoms with Crippen LogP contribution in [0.2, 0.25) is 0 Å². The molecule has 1 aromatic carbocycles. The fourth-order valence-corrected chi connectivity index (χ4v) is 3.48. The van der Waals surface area contributed by atoms with E-state index >= 15 is 0 Å². The van der Waals surface area contributed by atoms with E-state index in [9.17, 15) is 0 Å². The first kappa shape index (κ1) is 15.5. The third-order valence-corrected chi connectivity index (χ3v) is 4.71. The van der Waals surface area contributed by atoms with Crippen molar-refractivity contribution >= 4 is 0 Å². The smallest absolute Gasteiger partial charge is 0.0470 e. The number of nitrogens with two attached hydrogens (primary N) is 1. The van der Waals surface area contributed by atoms with Gasteiger partial charge in [-0.25, -0.2) is 0 Å². The monoisotopic (exact) mass is 274 g/mol. The molecule has 0 amide bonds. The topological polar surface area (TPSA) is 29.3 Å². The second kappa shape index (κ2) is 7.80. The van der Waals surface area contributed by atoms with Crippen molar-refractivity contribution in [1.29, 1.82) is 0 Å². The number of nitrogens with zero attached hydrogens (tertiary/aromatic N) is 1. The molecule has 1 aliphatic heterocycles. The number of aryl methyl sites for hydroxylation is 1. The third kappa shape index (κ3) is 4.07. The standard InChI is InChI=1S/C18H30N2/c1-3-5-16-6-4-12-20(13-11-16)18(14-19)17-9-7-15(2)8-10-17/h7-10,16,18H,3-6,11-14,19H2,1-2H3.